The van der Waals surface area contributed by atoms with Crippen molar-refractivity contribution in [3.8, 4) is 5.88 Å². The van der Waals surface area contributed by atoms with E-state index in [0.717, 1.165) is 3.70 Å². The molecule has 54 valence electrons. The molecule has 0 bridgehead atoms. The molecule has 4 heteroatoms. The van der Waals surface area contributed by atoms with Crippen molar-refractivity contribution in [2.45, 2.75) is 0 Å². The molecule has 0 amide bonds. The SMILES string of the molecule is CNc1ccc(I)nc1O. The Morgan fingerprint density at radius 3 is 2.80 bits per heavy atom. The highest BCUT2D eigenvalue weighted by Crippen LogP contribution is 2.19. The fraction of sp³-hybridized carbons (Fsp3) is 0.167. The normalized spacial score (nSPS) is 9.40. The van der Waals surface area contributed by atoms with Crippen molar-refractivity contribution in [1.82, 2.24) is 4.98 Å². The molecule has 0 unspecified atom stereocenters. The summed E-state index contributed by atoms with van der Waals surface area (Å²) < 4.78 is 0.786. The molecule has 2 N–H and O–H groups in total. The summed E-state index contributed by atoms with van der Waals surface area (Å²) in [6.07, 6.45) is 0. The lowest BCUT2D eigenvalue weighted by molar-refractivity contribution is 0.454. The zero-order chi connectivity index (χ0) is 7.56. The number of pyridine rings is 1. The molecule has 0 saturated carbocycles. The van der Waals surface area contributed by atoms with Crippen molar-refractivity contribution in [1.29, 1.82) is 0 Å². The van der Waals surface area contributed by atoms with E-state index in [-0.39, 0.29) is 5.88 Å². The fourth-order valence-corrected chi connectivity index (χ4v) is 1.03. The molecule has 0 aliphatic carbocycles. The number of nitrogens with one attached hydrogen (secondary N) is 1. The standard InChI is InChI=1S/C6H7IN2O/c1-8-4-2-3-5(7)9-6(4)10/h2-3,8H,1H3,(H,9,10). The molecule has 1 rings (SSSR count). The lowest BCUT2D eigenvalue weighted by atomic mass is 10.4. The average molecular weight is 250 g/mol. The minimum absolute atomic E-state index is 0.0504. The van der Waals surface area contributed by atoms with Gasteiger partial charge in [-0.25, -0.2) is 4.98 Å². The summed E-state index contributed by atoms with van der Waals surface area (Å²) in [6, 6.07) is 3.61. The summed E-state index contributed by atoms with van der Waals surface area (Å²) in [7, 11) is 1.74. The maximum absolute atomic E-state index is 9.11. The van der Waals surface area contributed by atoms with E-state index in [4.69, 9.17) is 5.11 Å². The Balaban J connectivity index is 3.07. The second-order valence-corrected chi connectivity index (χ2v) is 2.86. The molecule has 10 heavy (non-hydrogen) atoms. The molecule has 0 aliphatic rings. The van der Waals surface area contributed by atoms with E-state index < -0.39 is 0 Å². The van der Waals surface area contributed by atoms with Crippen LogP contribution in [0.15, 0.2) is 12.1 Å². The molecule has 1 heterocycles. The van der Waals surface area contributed by atoms with Crippen molar-refractivity contribution in [2.75, 3.05) is 12.4 Å². The second kappa shape index (κ2) is 3.05. The molecule has 0 atom stereocenters. The first-order valence-corrected chi connectivity index (χ1v) is 3.85. The molecular formula is C6H7IN2O. The van der Waals surface area contributed by atoms with Gasteiger partial charge in [-0.15, -0.1) is 0 Å². The smallest absolute Gasteiger partial charge is 0.235 e. The van der Waals surface area contributed by atoms with Crippen LogP contribution in [0.4, 0.5) is 5.69 Å². The van der Waals surface area contributed by atoms with Crippen molar-refractivity contribution < 1.29 is 5.11 Å². The second-order valence-electron chi connectivity index (χ2n) is 1.76. The minimum atomic E-state index is 0.0504. The Morgan fingerprint density at radius 1 is 1.60 bits per heavy atom. The predicted octanol–water partition coefficient (Wildman–Crippen LogP) is 1.43. The monoisotopic (exact) mass is 250 g/mol. The number of rotatable bonds is 1. The predicted molar refractivity (Wildman–Crippen MR) is 48.2 cm³/mol. The number of halogens is 1. The lowest BCUT2D eigenvalue weighted by Gasteiger charge is -2.00. The zero-order valence-electron chi connectivity index (χ0n) is 5.43. The van der Waals surface area contributed by atoms with Crippen LogP contribution in [0.2, 0.25) is 0 Å². The van der Waals surface area contributed by atoms with Crippen molar-refractivity contribution in [3.63, 3.8) is 0 Å². The van der Waals surface area contributed by atoms with Gasteiger partial charge >= 0.3 is 0 Å². The largest absolute Gasteiger partial charge is 0.492 e. The van der Waals surface area contributed by atoms with Gasteiger partial charge in [0.25, 0.3) is 0 Å². The van der Waals surface area contributed by atoms with Gasteiger partial charge in [0.1, 0.15) is 3.70 Å². The van der Waals surface area contributed by atoms with E-state index in [2.05, 4.69) is 10.3 Å². The Morgan fingerprint density at radius 2 is 2.30 bits per heavy atom. The quantitative estimate of drug-likeness (QED) is 0.585. The van der Waals surface area contributed by atoms with Gasteiger partial charge in [-0.1, -0.05) is 0 Å². The summed E-state index contributed by atoms with van der Waals surface area (Å²) in [4.78, 5) is 3.82. The van der Waals surface area contributed by atoms with Crippen LogP contribution >= 0.6 is 22.6 Å². The summed E-state index contributed by atoms with van der Waals surface area (Å²) in [5.74, 6) is 0.0504. The number of aromatic nitrogens is 1. The van der Waals surface area contributed by atoms with Gasteiger partial charge in [0.15, 0.2) is 0 Å². The van der Waals surface area contributed by atoms with Crippen LogP contribution in [-0.2, 0) is 0 Å². The van der Waals surface area contributed by atoms with Crippen molar-refractivity contribution in [3.05, 3.63) is 15.8 Å². The number of hydrogen-bond donors (Lipinski definition) is 2. The van der Waals surface area contributed by atoms with E-state index in [9.17, 15) is 0 Å². The van der Waals surface area contributed by atoms with Crippen molar-refractivity contribution in [2.24, 2.45) is 0 Å². The van der Waals surface area contributed by atoms with E-state index in [1.807, 2.05) is 28.7 Å². The Kier molecular flexibility index (Phi) is 2.31. The van der Waals surface area contributed by atoms with E-state index in [0.29, 0.717) is 5.69 Å². The third-order valence-electron chi connectivity index (χ3n) is 1.11. The summed E-state index contributed by atoms with van der Waals surface area (Å²) in [5, 5.41) is 11.9. The van der Waals surface area contributed by atoms with Gasteiger partial charge in [0.2, 0.25) is 5.88 Å². The molecule has 0 saturated heterocycles. The molecule has 0 aromatic carbocycles. The first kappa shape index (κ1) is 7.59. The molecule has 0 radical (unpaired) electrons. The van der Waals surface area contributed by atoms with E-state index >= 15 is 0 Å². The van der Waals surface area contributed by atoms with Crippen LogP contribution in [0.1, 0.15) is 0 Å². The Bertz CT molecular complexity index is 239. The number of aromatic hydroxyl groups is 1. The number of nitrogens with zero attached hydrogens (tertiary/aromatic N) is 1. The third kappa shape index (κ3) is 1.50. The highest BCUT2D eigenvalue weighted by atomic mass is 127. The van der Waals surface area contributed by atoms with Gasteiger partial charge in [-0.05, 0) is 34.7 Å². The van der Waals surface area contributed by atoms with Gasteiger partial charge in [-0.2, -0.15) is 0 Å². The summed E-state index contributed by atoms with van der Waals surface area (Å²) >= 11 is 2.04. The third-order valence-corrected chi connectivity index (χ3v) is 1.71. The lowest BCUT2D eigenvalue weighted by Crippen LogP contribution is -1.90. The van der Waals surface area contributed by atoms with Gasteiger partial charge < -0.3 is 10.4 Å². The van der Waals surface area contributed by atoms with Crippen LogP contribution in [0.25, 0.3) is 0 Å². The van der Waals surface area contributed by atoms with Gasteiger partial charge in [0.05, 0.1) is 5.69 Å². The van der Waals surface area contributed by atoms with Crippen LogP contribution in [0.3, 0.4) is 0 Å². The van der Waals surface area contributed by atoms with Gasteiger partial charge in [0, 0.05) is 7.05 Å². The molecule has 1 aromatic heterocycles. The molecular weight excluding hydrogens is 243 g/mol. The van der Waals surface area contributed by atoms with Crippen LogP contribution in [0.5, 0.6) is 5.88 Å². The summed E-state index contributed by atoms with van der Waals surface area (Å²) in [6.45, 7) is 0. The van der Waals surface area contributed by atoms with Gasteiger partial charge in [-0.3, -0.25) is 0 Å². The first-order chi connectivity index (χ1) is 4.74. The van der Waals surface area contributed by atoms with Crippen LogP contribution in [0, 0.1) is 3.70 Å². The molecule has 0 fully saturated rings. The van der Waals surface area contributed by atoms with E-state index in [1.165, 1.54) is 0 Å². The number of hydrogen-bond acceptors (Lipinski definition) is 3. The highest BCUT2D eigenvalue weighted by molar-refractivity contribution is 14.1. The topological polar surface area (TPSA) is 45.2 Å². The molecule has 3 nitrogen and oxygen atoms in total. The molecule has 0 spiro atoms. The maximum Gasteiger partial charge on any atom is 0.235 e. The Labute approximate surface area is 72.6 Å². The van der Waals surface area contributed by atoms with E-state index in [1.54, 1.807) is 13.1 Å². The Hall–Kier alpha value is -0.520. The van der Waals surface area contributed by atoms with Crippen LogP contribution in [-0.4, -0.2) is 17.1 Å². The van der Waals surface area contributed by atoms with Crippen LogP contribution < -0.4 is 5.32 Å². The average Bonchev–Trinajstić information content (AvgIpc) is 1.88. The number of anilines is 1. The molecule has 0 aliphatic heterocycles. The fourth-order valence-electron chi connectivity index (χ4n) is 0.620. The zero-order valence-corrected chi connectivity index (χ0v) is 7.58. The first-order valence-electron chi connectivity index (χ1n) is 2.77. The minimum Gasteiger partial charge on any atom is -0.492 e. The maximum atomic E-state index is 9.11. The summed E-state index contributed by atoms with van der Waals surface area (Å²) in [5.41, 5.74) is 0.653. The highest BCUT2D eigenvalue weighted by Gasteiger charge is 1.98. The molecule has 1 aromatic rings. The van der Waals surface area contributed by atoms with Crippen molar-refractivity contribution >= 4 is 28.3 Å².